The number of nitrogens with two attached hydrogens (primary N) is 2. The minimum absolute atomic E-state index is 0.223. The van der Waals surface area contributed by atoms with Crippen LogP contribution in [-0.2, 0) is 0 Å². The van der Waals surface area contributed by atoms with Crippen molar-refractivity contribution in [1.82, 2.24) is 9.97 Å². The summed E-state index contributed by atoms with van der Waals surface area (Å²) in [5.74, 6) is 1.24. The molecule has 2 heterocycles. The molecule has 1 saturated heterocycles. The van der Waals surface area contributed by atoms with Gasteiger partial charge in [0.15, 0.2) is 5.82 Å². The summed E-state index contributed by atoms with van der Waals surface area (Å²) in [6, 6.07) is 5.82. The smallest absolute Gasteiger partial charge is 0.158 e. The van der Waals surface area contributed by atoms with Crippen LogP contribution in [-0.4, -0.2) is 36.6 Å². The SMILES string of the molecule is CNc1cccc(Sc2ncc(N3CCC(C)(CN)CC3)nc2N)c1Cl. The van der Waals surface area contributed by atoms with E-state index in [1.54, 1.807) is 6.20 Å². The van der Waals surface area contributed by atoms with Gasteiger partial charge in [0.2, 0.25) is 0 Å². The summed E-state index contributed by atoms with van der Waals surface area (Å²) < 4.78 is 0. The minimum atomic E-state index is 0.223. The summed E-state index contributed by atoms with van der Waals surface area (Å²) in [6.07, 6.45) is 3.89. The fourth-order valence-electron chi connectivity index (χ4n) is 2.98. The largest absolute Gasteiger partial charge is 0.387 e. The summed E-state index contributed by atoms with van der Waals surface area (Å²) >= 11 is 7.84. The standard InChI is InChI=1S/C18H25ClN6S/c1-18(11-20)6-8-25(9-7-18)14-10-23-17(16(21)24-14)26-13-5-3-4-12(22-2)15(13)19/h3-5,10,22H,6-9,11,20H2,1-2H3,(H2,21,24). The number of hydrogen-bond acceptors (Lipinski definition) is 7. The van der Waals surface area contributed by atoms with Gasteiger partial charge in [-0.2, -0.15) is 0 Å². The molecule has 1 fully saturated rings. The van der Waals surface area contributed by atoms with E-state index < -0.39 is 0 Å². The first-order valence-electron chi connectivity index (χ1n) is 8.67. The Kier molecular flexibility index (Phi) is 5.79. The molecule has 5 N–H and O–H groups in total. The fourth-order valence-corrected chi connectivity index (χ4v) is 4.13. The molecule has 2 aromatic rings. The number of anilines is 3. The highest BCUT2D eigenvalue weighted by Crippen LogP contribution is 2.38. The molecule has 8 heteroatoms. The van der Waals surface area contributed by atoms with Gasteiger partial charge in [0, 0.05) is 25.0 Å². The van der Waals surface area contributed by atoms with E-state index in [4.69, 9.17) is 23.1 Å². The first kappa shape index (κ1) is 19.1. The molecule has 1 aliphatic rings. The summed E-state index contributed by atoms with van der Waals surface area (Å²) in [4.78, 5) is 12.2. The molecule has 0 atom stereocenters. The Morgan fingerprint density at radius 1 is 1.35 bits per heavy atom. The molecule has 1 aromatic heterocycles. The number of nitrogen functional groups attached to an aromatic ring is 1. The van der Waals surface area contributed by atoms with Crippen molar-refractivity contribution in [3.8, 4) is 0 Å². The van der Waals surface area contributed by atoms with Crippen molar-refractivity contribution in [3.63, 3.8) is 0 Å². The monoisotopic (exact) mass is 392 g/mol. The average molecular weight is 393 g/mol. The molecule has 1 aromatic carbocycles. The lowest BCUT2D eigenvalue weighted by molar-refractivity contribution is 0.258. The van der Waals surface area contributed by atoms with Crippen molar-refractivity contribution in [3.05, 3.63) is 29.4 Å². The van der Waals surface area contributed by atoms with Crippen LogP contribution in [0, 0.1) is 5.41 Å². The molecular formula is C18H25ClN6S. The first-order valence-corrected chi connectivity index (χ1v) is 9.87. The van der Waals surface area contributed by atoms with Crippen molar-refractivity contribution < 1.29 is 0 Å². The van der Waals surface area contributed by atoms with Crippen LogP contribution < -0.4 is 21.7 Å². The van der Waals surface area contributed by atoms with Crippen molar-refractivity contribution in [2.45, 2.75) is 29.7 Å². The molecule has 0 amide bonds. The number of hydrogen-bond donors (Lipinski definition) is 3. The molecule has 0 spiro atoms. The number of halogens is 1. The highest BCUT2D eigenvalue weighted by atomic mass is 35.5. The number of nitrogens with zero attached hydrogens (tertiary/aromatic N) is 3. The van der Waals surface area contributed by atoms with Gasteiger partial charge in [-0.05, 0) is 36.9 Å². The molecule has 0 radical (unpaired) electrons. The van der Waals surface area contributed by atoms with E-state index in [0.29, 0.717) is 15.9 Å². The van der Waals surface area contributed by atoms with E-state index in [1.165, 1.54) is 11.8 Å². The van der Waals surface area contributed by atoms with Crippen LogP contribution in [0.5, 0.6) is 0 Å². The second kappa shape index (κ2) is 7.90. The van der Waals surface area contributed by atoms with E-state index in [1.807, 2.05) is 25.2 Å². The Morgan fingerprint density at radius 2 is 2.08 bits per heavy atom. The maximum absolute atomic E-state index is 6.41. The van der Waals surface area contributed by atoms with Crippen LogP contribution in [0.15, 0.2) is 34.3 Å². The van der Waals surface area contributed by atoms with Crippen LogP contribution in [0.1, 0.15) is 19.8 Å². The third-order valence-electron chi connectivity index (χ3n) is 4.98. The molecular weight excluding hydrogens is 368 g/mol. The molecule has 0 bridgehead atoms. The van der Waals surface area contributed by atoms with E-state index in [0.717, 1.165) is 48.9 Å². The molecule has 0 saturated carbocycles. The topological polar surface area (TPSA) is 93.1 Å². The predicted molar refractivity (Wildman–Crippen MR) is 110 cm³/mol. The molecule has 0 aliphatic carbocycles. The zero-order chi connectivity index (χ0) is 18.7. The van der Waals surface area contributed by atoms with Crippen molar-refractivity contribution >= 4 is 40.7 Å². The molecule has 140 valence electrons. The van der Waals surface area contributed by atoms with Crippen LogP contribution >= 0.6 is 23.4 Å². The van der Waals surface area contributed by atoms with E-state index in [-0.39, 0.29) is 5.41 Å². The van der Waals surface area contributed by atoms with Gasteiger partial charge < -0.3 is 21.7 Å². The lowest BCUT2D eigenvalue weighted by Gasteiger charge is -2.39. The average Bonchev–Trinajstić information content (AvgIpc) is 2.65. The third kappa shape index (κ3) is 4.00. The van der Waals surface area contributed by atoms with Gasteiger partial charge in [-0.3, -0.25) is 0 Å². The van der Waals surface area contributed by atoms with E-state index in [2.05, 4.69) is 27.1 Å². The molecule has 6 nitrogen and oxygen atoms in total. The van der Waals surface area contributed by atoms with Gasteiger partial charge in [0.1, 0.15) is 10.8 Å². The Labute approximate surface area is 163 Å². The second-order valence-electron chi connectivity index (χ2n) is 6.89. The van der Waals surface area contributed by atoms with Gasteiger partial charge in [0.05, 0.1) is 16.9 Å². The van der Waals surface area contributed by atoms with Crippen LogP contribution in [0.4, 0.5) is 17.3 Å². The zero-order valence-electron chi connectivity index (χ0n) is 15.1. The van der Waals surface area contributed by atoms with Crippen LogP contribution in [0.25, 0.3) is 0 Å². The second-order valence-corrected chi connectivity index (χ2v) is 8.30. The normalized spacial score (nSPS) is 16.5. The zero-order valence-corrected chi connectivity index (χ0v) is 16.7. The first-order chi connectivity index (χ1) is 12.5. The molecule has 1 aliphatic heterocycles. The Morgan fingerprint density at radius 3 is 2.69 bits per heavy atom. The van der Waals surface area contributed by atoms with Gasteiger partial charge >= 0.3 is 0 Å². The summed E-state index contributed by atoms with van der Waals surface area (Å²) in [5.41, 5.74) is 13.2. The molecule has 26 heavy (non-hydrogen) atoms. The Balaban J connectivity index is 1.75. The Hall–Kier alpha value is -1.70. The van der Waals surface area contributed by atoms with Crippen molar-refractivity contribution in [1.29, 1.82) is 0 Å². The number of benzene rings is 1. The van der Waals surface area contributed by atoms with Crippen LogP contribution in [0.2, 0.25) is 5.02 Å². The molecule has 3 rings (SSSR count). The molecule has 0 unspecified atom stereocenters. The summed E-state index contributed by atoms with van der Waals surface area (Å²) in [5, 5.41) is 4.39. The van der Waals surface area contributed by atoms with Gasteiger partial charge in [-0.25, -0.2) is 9.97 Å². The third-order valence-corrected chi connectivity index (χ3v) is 6.57. The maximum atomic E-state index is 6.41. The van der Waals surface area contributed by atoms with Gasteiger partial charge in [-0.15, -0.1) is 0 Å². The van der Waals surface area contributed by atoms with Gasteiger partial charge in [0.25, 0.3) is 0 Å². The Bertz CT molecular complexity index is 776. The number of rotatable bonds is 5. The number of piperidine rings is 1. The fraction of sp³-hybridized carbons (Fsp3) is 0.444. The van der Waals surface area contributed by atoms with Crippen LogP contribution in [0.3, 0.4) is 0 Å². The van der Waals surface area contributed by atoms with E-state index >= 15 is 0 Å². The van der Waals surface area contributed by atoms with Crippen molar-refractivity contribution in [2.75, 3.05) is 42.6 Å². The quantitative estimate of drug-likeness (QED) is 0.717. The summed E-state index contributed by atoms with van der Waals surface area (Å²) in [7, 11) is 1.84. The summed E-state index contributed by atoms with van der Waals surface area (Å²) in [6.45, 7) is 4.80. The lowest BCUT2D eigenvalue weighted by Crippen LogP contribution is -2.42. The maximum Gasteiger partial charge on any atom is 0.158 e. The lowest BCUT2D eigenvalue weighted by atomic mass is 9.80. The van der Waals surface area contributed by atoms with Gasteiger partial charge in [-0.1, -0.05) is 36.4 Å². The highest BCUT2D eigenvalue weighted by molar-refractivity contribution is 7.99. The van der Waals surface area contributed by atoms with E-state index in [9.17, 15) is 0 Å². The number of aromatic nitrogens is 2. The van der Waals surface area contributed by atoms with Crippen molar-refractivity contribution in [2.24, 2.45) is 11.1 Å². The highest BCUT2D eigenvalue weighted by Gasteiger charge is 2.29. The number of nitrogens with one attached hydrogen (secondary N) is 1. The minimum Gasteiger partial charge on any atom is -0.387 e. The predicted octanol–water partition coefficient (Wildman–Crippen LogP) is 3.47.